The van der Waals surface area contributed by atoms with E-state index < -0.39 is 10.1 Å². The van der Waals surface area contributed by atoms with Gasteiger partial charge in [-0.2, -0.15) is 8.42 Å². The Hall–Kier alpha value is -1.33. The predicted molar refractivity (Wildman–Crippen MR) is 55.4 cm³/mol. The van der Waals surface area contributed by atoms with Gasteiger partial charge in [0.05, 0.1) is 4.90 Å². The molecule has 4 nitrogen and oxygen atoms in total. The van der Waals surface area contributed by atoms with E-state index in [2.05, 4.69) is 0 Å². The summed E-state index contributed by atoms with van der Waals surface area (Å²) in [7, 11) is -4.15. The molecule has 0 fully saturated rings. The third-order valence-corrected chi connectivity index (χ3v) is 2.55. The third-order valence-electron chi connectivity index (χ3n) is 1.70. The summed E-state index contributed by atoms with van der Waals surface area (Å²) >= 11 is 0. The van der Waals surface area contributed by atoms with E-state index in [-0.39, 0.29) is 4.90 Å². The smallest absolute Gasteiger partial charge is 0.294 e. The van der Waals surface area contributed by atoms with E-state index in [4.69, 9.17) is 10.3 Å². The highest BCUT2D eigenvalue weighted by atomic mass is 32.2. The van der Waals surface area contributed by atoms with Crippen LogP contribution in [0.4, 0.5) is 5.69 Å². The van der Waals surface area contributed by atoms with Gasteiger partial charge in [-0.05, 0) is 30.7 Å². The Labute approximate surface area is 82.8 Å². The van der Waals surface area contributed by atoms with Crippen LogP contribution in [0.1, 0.15) is 12.5 Å². The molecule has 0 saturated heterocycles. The quantitative estimate of drug-likeness (QED) is 0.577. The number of benzene rings is 1. The molecule has 14 heavy (non-hydrogen) atoms. The van der Waals surface area contributed by atoms with Gasteiger partial charge in [-0.3, -0.25) is 4.55 Å². The van der Waals surface area contributed by atoms with Crippen molar-refractivity contribution in [2.24, 2.45) is 0 Å². The summed E-state index contributed by atoms with van der Waals surface area (Å²) in [5, 5.41) is 0. The fourth-order valence-corrected chi connectivity index (χ4v) is 1.55. The van der Waals surface area contributed by atoms with Crippen LogP contribution in [0.15, 0.2) is 29.2 Å². The Balaban J connectivity index is 3.34. The topological polar surface area (TPSA) is 80.4 Å². The number of anilines is 1. The lowest BCUT2D eigenvalue weighted by Gasteiger charge is -2.02. The molecular formula is C9H11NO3S. The van der Waals surface area contributed by atoms with Gasteiger partial charge in [-0.25, -0.2) is 0 Å². The van der Waals surface area contributed by atoms with Crippen molar-refractivity contribution in [2.45, 2.75) is 11.8 Å². The van der Waals surface area contributed by atoms with Crippen molar-refractivity contribution in [1.82, 2.24) is 0 Å². The van der Waals surface area contributed by atoms with E-state index in [1.807, 2.05) is 0 Å². The largest absolute Gasteiger partial charge is 0.398 e. The Bertz CT molecular complexity index is 463. The molecular weight excluding hydrogens is 202 g/mol. The van der Waals surface area contributed by atoms with Crippen molar-refractivity contribution >= 4 is 21.9 Å². The van der Waals surface area contributed by atoms with Crippen LogP contribution in [0.2, 0.25) is 0 Å². The normalized spacial score (nSPS) is 12.1. The molecule has 0 radical (unpaired) electrons. The molecule has 0 aliphatic heterocycles. The van der Waals surface area contributed by atoms with Gasteiger partial charge in [0.1, 0.15) is 0 Å². The van der Waals surface area contributed by atoms with Crippen molar-refractivity contribution in [1.29, 1.82) is 0 Å². The van der Waals surface area contributed by atoms with Gasteiger partial charge in [-0.15, -0.1) is 0 Å². The van der Waals surface area contributed by atoms with Crippen LogP contribution < -0.4 is 5.73 Å². The van der Waals surface area contributed by atoms with Crippen LogP contribution in [-0.4, -0.2) is 13.0 Å². The maximum atomic E-state index is 10.8. The lowest BCUT2D eigenvalue weighted by Crippen LogP contribution is -1.99. The second-order valence-electron chi connectivity index (χ2n) is 2.77. The highest BCUT2D eigenvalue weighted by Crippen LogP contribution is 2.18. The molecule has 0 heterocycles. The van der Waals surface area contributed by atoms with E-state index in [9.17, 15) is 8.42 Å². The predicted octanol–water partition coefficient (Wildman–Crippen LogP) is 1.55. The van der Waals surface area contributed by atoms with Gasteiger partial charge < -0.3 is 5.73 Å². The van der Waals surface area contributed by atoms with E-state index in [1.165, 1.54) is 18.2 Å². The molecule has 0 bridgehead atoms. The molecule has 0 atom stereocenters. The monoisotopic (exact) mass is 213 g/mol. The summed E-state index contributed by atoms with van der Waals surface area (Å²) < 4.78 is 30.4. The lowest BCUT2D eigenvalue weighted by atomic mass is 10.2. The summed E-state index contributed by atoms with van der Waals surface area (Å²) in [5.74, 6) is 0. The number of hydrogen-bond acceptors (Lipinski definition) is 3. The summed E-state index contributed by atoms with van der Waals surface area (Å²) in [6.45, 7) is 1.79. The Morgan fingerprint density at radius 2 is 2.07 bits per heavy atom. The van der Waals surface area contributed by atoms with Gasteiger partial charge in [-0.1, -0.05) is 12.2 Å². The Kier molecular flexibility index (Phi) is 2.93. The average molecular weight is 213 g/mol. The Morgan fingerprint density at radius 3 is 2.57 bits per heavy atom. The highest BCUT2D eigenvalue weighted by molar-refractivity contribution is 7.85. The molecule has 1 aromatic rings. The summed E-state index contributed by atoms with van der Waals surface area (Å²) in [4.78, 5) is -0.153. The van der Waals surface area contributed by atoms with E-state index in [1.54, 1.807) is 19.1 Å². The van der Waals surface area contributed by atoms with Crippen molar-refractivity contribution in [3.05, 3.63) is 29.8 Å². The SMILES string of the molecule is C/C=C/c1cc(S(=O)(=O)O)ccc1N. The molecule has 0 aliphatic rings. The minimum absolute atomic E-state index is 0.153. The zero-order chi connectivity index (χ0) is 10.8. The first kappa shape index (κ1) is 10.7. The van der Waals surface area contributed by atoms with E-state index in [0.717, 1.165) is 0 Å². The minimum atomic E-state index is -4.15. The zero-order valence-electron chi connectivity index (χ0n) is 7.64. The van der Waals surface area contributed by atoms with Crippen molar-refractivity contribution in [3.8, 4) is 0 Å². The van der Waals surface area contributed by atoms with Crippen LogP contribution >= 0.6 is 0 Å². The molecule has 0 saturated carbocycles. The molecule has 1 aromatic carbocycles. The number of hydrogen-bond donors (Lipinski definition) is 2. The van der Waals surface area contributed by atoms with Crippen molar-refractivity contribution in [3.63, 3.8) is 0 Å². The van der Waals surface area contributed by atoms with Gasteiger partial charge in [0.25, 0.3) is 10.1 Å². The number of allylic oxidation sites excluding steroid dienone is 1. The standard InChI is InChI=1S/C9H11NO3S/c1-2-3-7-6-8(14(11,12)13)4-5-9(7)10/h2-6H,10H2,1H3,(H,11,12,13)/b3-2+. The summed E-state index contributed by atoms with van der Waals surface area (Å²) in [6.07, 6.45) is 3.41. The maximum Gasteiger partial charge on any atom is 0.294 e. The molecule has 0 aromatic heterocycles. The summed E-state index contributed by atoms with van der Waals surface area (Å²) in [5.41, 5.74) is 6.63. The molecule has 1 rings (SSSR count). The zero-order valence-corrected chi connectivity index (χ0v) is 8.45. The lowest BCUT2D eigenvalue weighted by molar-refractivity contribution is 0.483. The average Bonchev–Trinajstić information content (AvgIpc) is 2.07. The fraction of sp³-hybridized carbons (Fsp3) is 0.111. The van der Waals surface area contributed by atoms with Gasteiger partial charge in [0, 0.05) is 5.69 Å². The van der Waals surface area contributed by atoms with E-state index in [0.29, 0.717) is 11.3 Å². The fourth-order valence-electron chi connectivity index (χ4n) is 1.04. The molecule has 0 amide bonds. The Morgan fingerprint density at radius 1 is 1.43 bits per heavy atom. The first-order chi connectivity index (χ1) is 6.45. The second-order valence-corrected chi connectivity index (χ2v) is 4.19. The first-order valence-corrected chi connectivity index (χ1v) is 5.39. The van der Waals surface area contributed by atoms with Crippen LogP contribution in [0.5, 0.6) is 0 Å². The van der Waals surface area contributed by atoms with Crippen LogP contribution in [0.3, 0.4) is 0 Å². The number of rotatable bonds is 2. The molecule has 5 heteroatoms. The van der Waals surface area contributed by atoms with Crippen molar-refractivity contribution in [2.75, 3.05) is 5.73 Å². The van der Waals surface area contributed by atoms with Crippen LogP contribution in [0.25, 0.3) is 6.08 Å². The minimum Gasteiger partial charge on any atom is -0.398 e. The summed E-state index contributed by atoms with van der Waals surface area (Å²) in [6, 6.07) is 4.03. The van der Waals surface area contributed by atoms with Crippen LogP contribution in [0, 0.1) is 0 Å². The second kappa shape index (κ2) is 3.81. The highest BCUT2D eigenvalue weighted by Gasteiger charge is 2.10. The van der Waals surface area contributed by atoms with E-state index >= 15 is 0 Å². The number of nitrogens with two attached hydrogens (primary N) is 1. The van der Waals surface area contributed by atoms with Gasteiger partial charge in [0.2, 0.25) is 0 Å². The molecule has 0 aliphatic carbocycles. The molecule has 0 unspecified atom stereocenters. The van der Waals surface area contributed by atoms with Gasteiger partial charge in [0.15, 0.2) is 0 Å². The van der Waals surface area contributed by atoms with Crippen LogP contribution in [-0.2, 0) is 10.1 Å². The van der Waals surface area contributed by atoms with Crippen molar-refractivity contribution < 1.29 is 13.0 Å². The third kappa shape index (κ3) is 2.34. The maximum absolute atomic E-state index is 10.8. The number of nitrogen functional groups attached to an aromatic ring is 1. The molecule has 76 valence electrons. The first-order valence-electron chi connectivity index (χ1n) is 3.95. The van der Waals surface area contributed by atoms with Gasteiger partial charge >= 0.3 is 0 Å². The molecule has 0 spiro atoms. The molecule has 3 N–H and O–H groups in total.